The fraction of sp³-hybridized carbons (Fsp3) is 0.316. The first-order chi connectivity index (χ1) is 11.9. The number of benzene rings is 2. The quantitative estimate of drug-likeness (QED) is 0.802. The maximum absolute atomic E-state index is 12.8. The number of nitrogens with zero attached hydrogens (tertiary/aromatic N) is 1. The predicted octanol–water partition coefficient (Wildman–Crippen LogP) is 4.54. The molecule has 0 unspecified atom stereocenters. The number of halogens is 1. The molecule has 0 saturated carbocycles. The first-order valence-electron chi connectivity index (χ1n) is 8.15. The first kappa shape index (κ1) is 16.3. The number of fused-ring (bicyclic) bond motifs is 4. The van der Waals surface area contributed by atoms with Gasteiger partial charge < -0.3 is 14.8 Å². The Balaban J connectivity index is 1.82. The van der Waals surface area contributed by atoms with Crippen LogP contribution >= 0.6 is 15.9 Å². The van der Waals surface area contributed by atoms with Gasteiger partial charge >= 0.3 is 6.03 Å². The smallest absolute Gasteiger partial charge is 0.325 e. The number of anilines is 1. The number of nitrogens with one attached hydrogen (secondary N) is 1. The largest absolute Gasteiger partial charge is 0.493 e. The third kappa shape index (κ3) is 2.56. The number of hydrogen-bond acceptors (Lipinski definition) is 3. The van der Waals surface area contributed by atoms with Crippen LogP contribution in [0.1, 0.15) is 30.5 Å². The van der Waals surface area contributed by atoms with Crippen molar-refractivity contribution in [2.75, 3.05) is 12.0 Å². The van der Waals surface area contributed by atoms with E-state index in [0.29, 0.717) is 17.9 Å². The number of methoxy groups -OCH3 is 1. The molecule has 2 aliphatic heterocycles. The van der Waals surface area contributed by atoms with Gasteiger partial charge in [0.15, 0.2) is 17.2 Å². The van der Waals surface area contributed by atoms with E-state index in [-0.39, 0.29) is 12.1 Å². The van der Waals surface area contributed by atoms with E-state index in [2.05, 4.69) is 21.2 Å². The topological polar surface area (TPSA) is 50.8 Å². The molecule has 1 N–H and O–H groups in total. The van der Waals surface area contributed by atoms with Gasteiger partial charge in [0.1, 0.15) is 0 Å². The summed E-state index contributed by atoms with van der Waals surface area (Å²) in [6.45, 7) is 3.97. The Hall–Kier alpha value is -2.21. The second-order valence-electron chi connectivity index (χ2n) is 6.68. The molecule has 0 spiro atoms. The van der Waals surface area contributed by atoms with Gasteiger partial charge in [-0.15, -0.1) is 0 Å². The lowest BCUT2D eigenvalue weighted by Crippen LogP contribution is -2.65. The van der Waals surface area contributed by atoms with Crippen LogP contribution in [-0.4, -0.2) is 18.9 Å². The average Bonchev–Trinajstić information content (AvgIpc) is 2.56. The van der Waals surface area contributed by atoms with E-state index in [4.69, 9.17) is 9.47 Å². The fourth-order valence-corrected chi connectivity index (χ4v) is 4.09. The molecule has 4 rings (SSSR count). The summed E-state index contributed by atoms with van der Waals surface area (Å²) >= 11 is 3.50. The number of aryl methyl sites for hydroxylation is 1. The van der Waals surface area contributed by atoms with Gasteiger partial charge in [-0.05, 0) is 38.1 Å². The minimum Gasteiger partial charge on any atom is -0.493 e. The predicted molar refractivity (Wildman–Crippen MR) is 99.3 cm³/mol. The average molecular weight is 403 g/mol. The van der Waals surface area contributed by atoms with E-state index in [9.17, 15) is 4.79 Å². The summed E-state index contributed by atoms with van der Waals surface area (Å²) in [6, 6.07) is 11.4. The van der Waals surface area contributed by atoms with E-state index in [0.717, 1.165) is 21.3 Å². The van der Waals surface area contributed by atoms with E-state index >= 15 is 0 Å². The Morgan fingerprint density at radius 1 is 1.32 bits per heavy atom. The summed E-state index contributed by atoms with van der Waals surface area (Å²) in [5.74, 6) is 1.34. The molecular weight excluding hydrogens is 384 g/mol. The number of amides is 2. The highest BCUT2D eigenvalue weighted by Crippen LogP contribution is 2.50. The van der Waals surface area contributed by atoms with Crippen LogP contribution in [-0.2, 0) is 0 Å². The van der Waals surface area contributed by atoms with Crippen LogP contribution in [0.5, 0.6) is 11.5 Å². The number of carbonyl (C=O) groups is 1. The zero-order chi connectivity index (χ0) is 17.8. The number of carbonyl (C=O) groups excluding carboxylic acids is 1. The highest BCUT2D eigenvalue weighted by Gasteiger charge is 2.50. The third-order valence-corrected chi connectivity index (χ3v) is 5.27. The Kier molecular flexibility index (Phi) is 3.68. The van der Waals surface area contributed by atoms with Crippen molar-refractivity contribution in [3.8, 4) is 11.5 Å². The molecule has 2 aromatic carbocycles. The summed E-state index contributed by atoms with van der Waals surface area (Å²) < 4.78 is 12.7. The lowest BCUT2D eigenvalue weighted by Gasteiger charge is -2.50. The third-order valence-electron chi connectivity index (χ3n) is 4.81. The van der Waals surface area contributed by atoms with Gasteiger partial charge in [0.05, 0.1) is 13.2 Å². The highest BCUT2D eigenvalue weighted by atomic mass is 79.9. The SMILES string of the molecule is COc1cc(Br)cc2c1O[C@]1(C)C[C@@H]2NC(=O)N1c1ccc(C)cc1. The van der Waals surface area contributed by atoms with Crippen molar-refractivity contribution in [3.63, 3.8) is 0 Å². The molecule has 0 aliphatic carbocycles. The normalized spacial score (nSPS) is 24.2. The van der Waals surface area contributed by atoms with Crippen molar-refractivity contribution >= 4 is 27.6 Å². The molecular formula is C19H19BrN2O3. The summed E-state index contributed by atoms with van der Waals surface area (Å²) in [4.78, 5) is 14.5. The summed E-state index contributed by atoms with van der Waals surface area (Å²) in [7, 11) is 1.62. The van der Waals surface area contributed by atoms with Crippen LogP contribution in [0.4, 0.5) is 10.5 Å². The minimum atomic E-state index is -0.781. The molecule has 1 saturated heterocycles. The number of urea groups is 1. The Labute approximate surface area is 155 Å². The Morgan fingerprint density at radius 2 is 2.04 bits per heavy atom. The van der Waals surface area contributed by atoms with Crippen LogP contribution in [0.15, 0.2) is 40.9 Å². The van der Waals surface area contributed by atoms with E-state index in [1.165, 1.54) is 0 Å². The molecule has 6 heteroatoms. The lowest BCUT2D eigenvalue weighted by molar-refractivity contribution is 0.0349. The standard InChI is InChI=1S/C19H19BrN2O3/c1-11-4-6-13(7-5-11)22-18(23)21-15-10-19(22,2)25-17-14(15)8-12(20)9-16(17)24-3/h4-9,15H,10H2,1-3H3,(H,21,23)/t15-,19+/m0/s1. The maximum Gasteiger partial charge on any atom is 0.325 e. The molecule has 2 heterocycles. The highest BCUT2D eigenvalue weighted by molar-refractivity contribution is 9.10. The summed E-state index contributed by atoms with van der Waals surface area (Å²) in [6.07, 6.45) is 0.652. The molecule has 2 atom stereocenters. The van der Waals surface area contributed by atoms with E-state index < -0.39 is 5.72 Å². The van der Waals surface area contributed by atoms with Crippen LogP contribution in [0.25, 0.3) is 0 Å². The number of hydrogen-bond donors (Lipinski definition) is 1. The molecule has 2 aliphatic rings. The molecule has 25 heavy (non-hydrogen) atoms. The molecule has 2 amide bonds. The Bertz CT molecular complexity index is 852. The zero-order valence-electron chi connectivity index (χ0n) is 14.3. The molecule has 5 nitrogen and oxygen atoms in total. The van der Waals surface area contributed by atoms with Gasteiger partial charge in [-0.3, -0.25) is 4.90 Å². The van der Waals surface area contributed by atoms with Crippen molar-refractivity contribution in [2.24, 2.45) is 0 Å². The van der Waals surface area contributed by atoms with Crippen molar-refractivity contribution in [3.05, 3.63) is 52.0 Å². The van der Waals surface area contributed by atoms with E-state index in [1.54, 1.807) is 12.0 Å². The maximum atomic E-state index is 12.8. The summed E-state index contributed by atoms with van der Waals surface area (Å²) in [5, 5.41) is 3.10. The summed E-state index contributed by atoms with van der Waals surface area (Å²) in [5.41, 5.74) is 2.10. The van der Waals surface area contributed by atoms with Crippen molar-refractivity contribution in [2.45, 2.75) is 32.0 Å². The van der Waals surface area contributed by atoms with Gasteiger partial charge in [0.25, 0.3) is 0 Å². The van der Waals surface area contributed by atoms with Gasteiger partial charge in [-0.25, -0.2) is 4.79 Å². The van der Waals surface area contributed by atoms with Gasteiger partial charge in [0, 0.05) is 22.1 Å². The lowest BCUT2D eigenvalue weighted by atomic mass is 9.90. The van der Waals surface area contributed by atoms with Crippen molar-refractivity contribution in [1.82, 2.24) is 5.32 Å². The van der Waals surface area contributed by atoms with Gasteiger partial charge in [-0.1, -0.05) is 33.6 Å². The molecule has 0 aromatic heterocycles. The van der Waals surface area contributed by atoms with Crippen LogP contribution in [0.3, 0.4) is 0 Å². The first-order valence-corrected chi connectivity index (χ1v) is 8.94. The Morgan fingerprint density at radius 3 is 2.72 bits per heavy atom. The molecule has 130 valence electrons. The second kappa shape index (κ2) is 5.66. The van der Waals surface area contributed by atoms with Gasteiger partial charge in [-0.2, -0.15) is 0 Å². The van der Waals surface area contributed by atoms with Crippen LogP contribution in [0.2, 0.25) is 0 Å². The number of rotatable bonds is 2. The van der Waals surface area contributed by atoms with Crippen LogP contribution in [0, 0.1) is 6.92 Å². The monoisotopic (exact) mass is 402 g/mol. The minimum absolute atomic E-state index is 0.116. The number of ether oxygens (including phenoxy) is 2. The van der Waals surface area contributed by atoms with Crippen molar-refractivity contribution in [1.29, 1.82) is 0 Å². The molecule has 2 aromatic rings. The van der Waals surface area contributed by atoms with E-state index in [1.807, 2.05) is 50.2 Å². The second-order valence-corrected chi connectivity index (χ2v) is 7.60. The van der Waals surface area contributed by atoms with Gasteiger partial charge in [0.2, 0.25) is 0 Å². The molecule has 1 fully saturated rings. The molecule has 0 radical (unpaired) electrons. The van der Waals surface area contributed by atoms with Crippen LogP contribution < -0.4 is 19.7 Å². The fourth-order valence-electron chi connectivity index (χ4n) is 3.64. The molecule has 2 bridgehead atoms. The zero-order valence-corrected chi connectivity index (χ0v) is 15.9. The van der Waals surface area contributed by atoms with Crippen molar-refractivity contribution < 1.29 is 14.3 Å².